The van der Waals surface area contributed by atoms with E-state index < -0.39 is 0 Å². The zero-order valence-electron chi connectivity index (χ0n) is 13.0. The van der Waals surface area contributed by atoms with Gasteiger partial charge in [-0.05, 0) is 37.0 Å². The van der Waals surface area contributed by atoms with Crippen molar-refractivity contribution in [3.05, 3.63) is 0 Å². The lowest BCUT2D eigenvalue weighted by atomic mass is 9.74. The minimum Gasteiger partial charge on any atom is -0.325 e. The highest BCUT2D eigenvalue weighted by atomic mass is 16.2. The molecule has 3 heteroatoms. The first-order valence-electron chi connectivity index (χ1n) is 8.14. The minimum atomic E-state index is 0.298. The Hall–Kier alpha value is -0.730. The van der Waals surface area contributed by atoms with Gasteiger partial charge in [-0.3, -0.25) is 0 Å². The van der Waals surface area contributed by atoms with E-state index in [1.807, 2.05) is 0 Å². The Kier molecular flexibility index (Phi) is 4.75. The molecule has 0 aromatic carbocycles. The SMILES string of the molecule is CCC1(CC)CCN(C(=O)N2CCCC(C)C2)CC1. The van der Waals surface area contributed by atoms with Crippen LogP contribution >= 0.6 is 0 Å². The Morgan fingerprint density at radius 1 is 1.11 bits per heavy atom. The first kappa shape index (κ1) is 14.7. The van der Waals surface area contributed by atoms with Crippen molar-refractivity contribution >= 4 is 6.03 Å². The highest BCUT2D eigenvalue weighted by Gasteiger charge is 2.34. The molecule has 0 aromatic heterocycles. The van der Waals surface area contributed by atoms with Crippen molar-refractivity contribution in [1.29, 1.82) is 0 Å². The Morgan fingerprint density at radius 3 is 2.26 bits per heavy atom. The molecule has 0 bridgehead atoms. The molecule has 0 aromatic rings. The molecule has 0 saturated carbocycles. The van der Waals surface area contributed by atoms with Crippen LogP contribution in [0.1, 0.15) is 59.3 Å². The number of nitrogens with zero attached hydrogens (tertiary/aromatic N) is 2. The van der Waals surface area contributed by atoms with Crippen LogP contribution < -0.4 is 0 Å². The Balaban J connectivity index is 1.88. The predicted molar refractivity (Wildman–Crippen MR) is 79.2 cm³/mol. The Bertz CT molecular complexity index is 302. The molecule has 2 aliphatic heterocycles. The van der Waals surface area contributed by atoms with Gasteiger partial charge in [-0.2, -0.15) is 0 Å². The smallest absolute Gasteiger partial charge is 0.320 e. The number of amides is 2. The van der Waals surface area contributed by atoms with E-state index in [1.165, 1.54) is 38.5 Å². The predicted octanol–water partition coefficient (Wildman–Crippen LogP) is 3.74. The molecule has 2 heterocycles. The lowest BCUT2D eigenvalue weighted by molar-refractivity contribution is 0.0817. The van der Waals surface area contributed by atoms with Crippen molar-refractivity contribution in [3.63, 3.8) is 0 Å². The molecular weight excluding hydrogens is 236 g/mol. The summed E-state index contributed by atoms with van der Waals surface area (Å²) in [5.41, 5.74) is 0.506. The largest absolute Gasteiger partial charge is 0.325 e. The third kappa shape index (κ3) is 3.24. The van der Waals surface area contributed by atoms with Gasteiger partial charge in [-0.25, -0.2) is 4.79 Å². The van der Waals surface area contributed by atoms with E-state index in [0.29, 0.717) is 17.4 Å². The summed E-state index contributed by atoms with van der Waals surface area (Å²) in [6.45, 7) is 10.7. The maximum absolute atomic E-state index is 12.5. The molecule has 2 fully saturated rings. The van der Waals surface area contributed by atoms with Crippen LogP contribution in [-0.2, 0) is 0 Å². The number of likely N-dealkylation sites (tertiary alicyclic amines) is 2. The second kappa shape index (κ2) is 6.15. The molecule has 0 aliphatic carbocycles. The monoisotopic (exact) mass is 266 g/mol. The average molecular weight is 266 g/mol. The van der Waals surface area contributed by atoms with Crippen molar-refractivity contribution in [3.8, 4) is 0 Å². The summed E-state index contributed by atoms with van der Waals surface area (Å²) in [5.74, 6) is 0.674. The zero-order chi connectivity index (χ0) is 13.9. The molecule has 2 aliphatic rings. The molecule has 0 N–H and O–H groups in total. The van der Waals surface area contributed by atoms with Gasteiger partial charge >= 0.3 is 6.03 Å². The van der Waals surface area contributed by atoms with Crippen LogP contribution in [0.4, 0.5) is 4.79 Å². The van der Waals surface area contributed by atoms with Crippen molar-refractivity contribution in [2.24, 2.45) is 11.3 Å². The van der Waals surface area contributed by atoms with Crippen molar-refractivity contribution < 1.29 is 4.79 Å². The van der Waals surface area contributed by atoms with E-state index in [2.05, 4.69) is 30.6 Å². The van der Waals surface area contributed by atoms with Crippen LogP contribution in [-0.4, -0.2) is 42.0 Å². The average Bonchev–Trinajstić information content (AvgIpc) is 2.46. The highest BCUT2D eigenvalue weighted by molar-refractivity contribution is 5.74. The molecule has 2 rings (SSSR count). The van der Waals surface area contributed by atoms with Crippen LogP contribution in [0.25, 0.3) is 0 Å². The van der Waals surface area contributed by atoms with Crippen molar-refractivity contribution in [2.75, 3.05) is 26.2 Å². The number of carbonyl (C=O) groups is 1. The lowest BCUT2D eigenvalue weighted by Crippen LogP contribution is -2.51. The van der Waals surface area contributed by atoms with Crippen molar-refractivity contribution in [2.45, 2.75) is 59.3 Å². The number of urea groups is 1. The number of piperidine rings is 2. The number of carbonyl (C=O) groups excluding carboxylic acids is 1. The fourth-order valence-electron chi connectivity index (χ4n) is 3.69. The first-order valence-corrected chi connectivity index (χ1v) is 8.14. The van der Waals surface area contributed by atoms with Crippen LogP contribution in [0.2, 0.25) is 0 Å². The first-order chi connectivity index (χ1) is 9.10. The maximum atomic E-state index is 12.5. The quantitative estimate of drug-likeness (QED) is 0.747. The van der Waals surface area contributed by atoms with E-state index in [0.717, 1.165) is 26.2 Å². The van der Waals surface area contributed by atoms with Gasteiger partial charge in [0.25, 0.3) is 0 Å². The van der Waals surface area contributed by atoms with Crippen molar-refractivity contribution in [1.82, 2.24) is 9.80 Å². The fourth-order valence-corrected chi connectivity index (χ4v) is 3.69. The summed E-state index contributed by atoms with van der Waals surface area (Å²) < 4.78 is 0. The second-order valence-corrected chi connectivity index (χ2v) is 6.67. The van der Waals surface area contributed by atoms with E-state index in [1.54, 1.807) is 0 Å². The van der Waals surface area contributed by atoms with Gasteiger partial charge in [0.05, 0.1) is 0 Å². The third-order valence-corrected chi connectivity index (χ3v) is 5.52. The normalized spacial score (nSPS) is 27.4. The minimum absolute atomic E-state index is 0.298. The topological polar surface area (TPSA) is 23.6 Å². The molecule has 1 unspecified atom stereocenters. The summed E-state index contributed by atoms with van der Waals surface area (Å²) in [7, 11) is 0. The summed E-state index contributed by atoms with van der Waals surface area (Å²) in [5, 5.41) is 0. The van der Waals surface area contributed by atoms with E-state index in [-0.39, 0.29) is 0 Å². The lowest BCUT2D eigenvalue weighted by Gasteiger charge is -2.43. The highest BCUT2D eigenvalue weighted by Crippen LogP contribution is 2.38. The Morgan fingerprint density at radius 2 is 1.74 bits per heavy atom. The van der Waals surface area contributed by atoms with Crippen LogP contribution in [0.3, 0.4) is 0 Å². The Labute approximate surface area is 118 Å². The molecule has 2 saturated heterocycles. The van der Waals surface area contributed by atoms with Gasteiger partial charge in [0.1, 0.15) is 0 Å². The summed E-state index contributed by atoms with van der Waals surface area (Å²) in [6, 6.07) is 0.298. The molecule has 110 valence electrons. The molecular formula is C16H30N2O. The van der Waals surface area contributed by atoms with E-state index in [9.17, 15) is 4.79 Å². The van der Waals surface area contributed by atoms with Crippen LogP contribution in [0.15, 0.2) is 0 Å². The molecule has 3 nitrogen and oxygen atoms in total. The summed E-state index contributed by atoms with van der Waals surface area (Å²) >= 11 is 0. The molecule has 2 amide bonds. The summed E-state index contributed by atoms with van der Waals surface area (Å²) in [6.07, 6.45) is 7.34. The van der Waals surface area contributed by atoms with Crippen LogP contribution in [0.5, 0.6) is 0 Å². The van der Waals surface area contributed by atoms with Gasteiger partial charge < -0.3 is 9.80 Å². The molecule has 1 atom stereocenters. The number of hydrogen-bond acceptors (Lipinski definition) is 1. The maximum Gasteiger partial charge on any atom is 0.320 e. The molecule has 0 radical (unpaired) electrons. The molecule has 19 heavy (non-hydrogen) atoms. The van der Waals surface area contributed by atoms with Crippen LogP contribution in [0, 0.1) is 11.3 Å². The number of rotatable bonds is 2. The van der Waals surface area contributed by atoms with E-state index in [4.69, 9.17) is 0 Å². The number of hydrogen-bond donors (Lipinski definition) is 0. The van der Waals surface area contributed by atoms with Gasteiger partial charge in [-0.1, -0.05) is 33.6 Å². The van der Waals surface area contributed by atoms with Gasteiger partial charge in [0, 0.05) is 26.2 Å². The van der Waals surface area contributed by atoms with E-state index >= 15 is 0 Å². The van der Waals surface area contributed by atoms with Gasteiger partial charge in [0.2, 0.25) is 0 Å². The zero-order valence-corrected chi connectivity index (χ0v) is 13.0. The second-order valence-electron chi connectivity index (χ2n) is 6.67. The van der Waals surface area contributed by atoms with Gasteiger partial charge in [-0.15, -0.1) is 0 Å². The molecule has 0 spiro atoms. The fraction of sp³-hybridized carbons (Fsp3) is 0.938. The standard InChI is InChI=1S/C16H30N2O/c1-4-16(5-2)8-11-17(12-9-16)15(19)18-10-6-7-14(3)13-18/h14H,4-13H2,1-3H3. The third-order valence-electron chi connectivity index (χ3n) is 5.52. The van der Waals surface area contributed by atoms with Gasteiger partial charge in [0.15, 0.2) is 0 Å². The summed E-state index contributed by atoms with van der Waals surface area (Å²) in [4.78, 5) is 16.7.